The van der Waals surface area contributed by atoms with Crippen LogP contribution in [0.25, 0.3) is 10.8 Å². The highest BCUT2D eigenvalue weighted by Gasteiger charge is 2.21. The summed E-state index contributed by atoms with van der Waals surface area (Å²) in [6.45, 7) is 2.34. The second-order valence-electron chi connectivity index (χ2n) is 5.16. The van der Waals surface area contributed by atoms with Crippen LogP contribution in [0.1, 0.15) is 26.2 Å². The van der Waals surface area contributed by atoms with Gasteiger partial charge < -0.3 is 5.32 Å². The molecule has 0 aliphatic heterocycles. The van der Waals surface area contributed by atoms with Gasteiger partial charge in [-0.05, 0) is 42.7 Å². The lowest BCUT2D eigenvalue weighted by molar-refractivity contribution is 0.603. The quantitative estimate of drug-likeness (QED) is 0.841. The van der Waals surface area contributed by atoms with Gasteiger partial charge in [0.05, 0.1) is 0 Å². The van der Waals surface area contributed by atoms with Crippen LogP contribution in [0.5, 0.6) is 0 Å². The van der Waals surface area contributed by atoms with E-state index in [4.69, 9.17) is 0 Å². The first-order valence-corrected chi connectivity index (χ1v) is 6.42. The number of rotatable bonds is 2. The SMILES string of the molecule is CC1CCC(Nc2cccc3ccncc23)C1. The molecule has 2 unspecified atom stereocenters. The predicted molar refractivity (Wildman–Crippen MR) is 72.2 cm³/mol. The summed E-state index contributed by atoms with van der Waals surface area (Å²) in [4.78, 5) is 4.22. The molecule has 1 fully saturated rings. The van der Waals surface area contributed by atoms with Crippen molar-refractivity contribution < 1.29 is 0 Å². The van der Waals surface area contributed by atoms with Gasteiger partial charge >= 0.3 is 0 Å². The van der Waals surface area contributed by atoms with Crippen molar-refractivity contribution in [3.8, 4) is 0 Å². The van der Waals surface area contributed by atoms with Gasteiger partial charge in [0.1, 0.15) is 0 Å². The Balaban J connectivity index is 1.90. The van der Waals surface area contributed by atoms with Crippen LogP contribution in [0, 0.1) is 5.92 Å². The summed E-state index contributed by atoms with van der Waals surface area (Å²) in [6, 6.07) is 9.11. The van der Waals surface area contributed by atoms with Crippen molar-refractivity contribution >= 4 is 16.5 Å². The maximum Gasteiger partial charge on any atom is 0.0437 e. The maximum absolute atomic E-state index is 4.22. The van der Waals surface area contributed by atoms with Gasteiger partial charge in [-0.3, -0.25) is 4.98 Å². The van der Waals surface area contributed by atoms with E-state index >= 15 is 0 Å². The lowest BCUT2D eigenvalue weighted by Gasteiger charge is -2.15. The third-order valence-corrected chi connectivity index (χ3v) is 3.74. The minimum absolute atomic E-state index is 0.635. The highest BCUT2D eigenvalue weighted by Crippen LogP contribution is 2.30. The monoisotopic (exact) mass is 226 g/mol. The van der Waals surface area contributed by atoms with Gasteiger partial charge in [-0.2, -0.15) is 0 Å². The summed E-state index contributed by atoms with van der Waals surface area (Å²) in [6.07, 6.45) is 7.73. The number of fused-ring (bicyclic) bond motifs is 1. The molecular weight excluding hydrogens is 208 g/mol. The highest BCUT2D eigenvalue weighted by atomic mass is 14.9. The molecule has 1 saturated carbocycles. The van der Waals surface area contributed by atoms with Crippen molar-refractivity contribution in [1.29, 1.82) is 0 Å². The van der Waals surface area contributed by atoms with E-state index in [1.807, 2.05) is 12.4 Å². The molecule has 88 valence electrons. The number of pyridine rings is 1. The molecule has 1 aromatic heterocycles. The van der Waals surface area contributed by atoms with E-state index in [2.05, 4.69) is 41.5 Å². The Labute approximate surface area is 102 Å². The lowest BCUT2D eigenvalue weighted by atomic mass is 10.1. The van der Waals surface area contributed by atoms with Gasteiger partial charge in [-0.25, -0.2) is 0 Å². The van der Waals surface area contributed by atoms with E-state index in [1.54, 1.807) is 0 Å². The highest BCUT2D eigenvalue weighted by molar-refractivity contribution is 5.93. The Hall–Kier alpha value is -1.57. The molecule has 1 aliphatic rings. The van der Waals surface area contributed by atoms with Crippen LogP contribution in [-0.2, 0) is 0 Å². The third kappa shape index (κ3) is 2.12. The molecule has 3 rings (SSSR count). The molecule has 0 bridgehead atoms. The van der Waals surface area contributed by atoms with Crippen molar-refractivity contribution in [3.05, 3.63) is 36.7 Å². The third-order valence-electron chi connectivity index (χ3n) is 3.74. The molecule has 0 saturated heterocycles. The molecule has 1 heterocycles. The van der Waals surface area contributed by atoms with Gasteiger partial charge in [-0.1, -0.05) is 19.1 Å². The lowest BCUT2D eigenvalue weighted by Crippen LogP contribution is -2.15. The summed E-state index contributed by atoms with van der Waals surface area (Å²) in [5.41, 5.74) is 1.23. The van der Waals surface area contributed by atoms with Gasteiger partial charge in [0.15, 0.2) is 0 Å². The second-order valence-corrected chi connectivity index (χ2v) is 5.16. The average Bonchev–Trinajstić information content (AvgIpc) is 2.75. The van der Waals surface area contributed by atoms with E-state index < -0.39 is 0 Å². The number of hydrogen-bond acceptors (Lipinski definition) is 2. The zero-order valence-corrected chi connectivity index (χ0v) is 10.2. The Morgan fingerprint density at radius 3 is 3.00 bits per heavy atom. The van der Waals surface area contributed by atoms with E-state index in [0.29, 0.717) is 6.04 Å². The van der Waals surface area contributed by atoms with Crippen LogP contribution in [0.4, 0.5) is 5.69 Å². The maximum atomic E-state index is 4.22. The van der Waals surface area contributed by atoms with Crippen LogP contribution in [-0.4, -0.2) is 11.0 Å². The van der Waals surface area contributed by atoms with Crippen molar-refractivity contribution in [2.24, 2.45) is 5.92 Å². The normalized spacial score (nSPS) is 24.1. The molecule has 0 spiro atoms. The van der Waals surface area contributed by atoms with Crippen LogP contribution >= 0.6 is 0 Å². The van der Waals surface area contributed by atoms with E-state index in [9.17, 15) is 0 Å². The fourth-order valence-electron chi connectivity index (χ4n) is 2.80. The van der Waals surface area contributed by atoms with Gasteiger partial charge in [0.25, 0.3) is 0 Å². The Morgan fingerprint density at radius 2 is 2.18 bits per heavy atom. The van der Waals surface area contributed by atoms with Crippen molar-refractivity contribution in [1.82, 2.24) is 4.98 Å². The van der Waals surface area contributed by atoms with Gasteiger partial charge in [0.2, 0.25) is 0 Å². The molecule has 2 atom stereocenters. The van der Waals surface area contributed by atoms with Crippen LogP contribution < -0.4 is 5.32 Å². The summed E-state index contributed by atoms with van der Waals surface area (Å²) >= 11 is 0. The molecule has 1 aliphatic carbocycles. The number of anilines is 1. The summed E-state index contributed by atoms with van der Waals surface area (Å²) < 4.78 is 0. The number of hydrogen-bond donors (Lipinski definition) is 1. The van der Waals surface area contributed by atoms with Crippen LogP contribution in [0.2, 0.25) is 0 Å². The van der Waals surface area contributed by atoms with Crippen molar-refractivity contribution in [2.75, 3.05) is 5.32 Å². The number of aromatic nitrogens is 1. The Kier molecular flexibility index (Phi) is 2.71. The van der Waals surface area contributed by atoms with E-state index in [-0.39, 0.29) is 0 Å². The molecule has 0 radical (unpaired) electrons. The smallest absolute Gasteiger partial charge is 0.0437 e. The topological polar surface area (TPSA) is 24.9 Å². The molecular formula is C15H18N2. The molecule has 1 aromatic carbocycles. The first-order valence-electron chi connectivity index (χ1n) is 6.42. The number of nitrogens with one attached hydrogen (secondary N) is 1. The minimum atomic E-state index is 0.635. The first kappa shape index (κ1) is 10.6. The summed E-state index contributed by atoms with van der Waals surface area (Å²) in [5.74, 6) is 0.862. The summed E-state index contributed by atoms with van der Waals surface area (Å²) in [7, 11) is 0. The molecule has 2 aromatic rings. The van der Waals surface area contributed by atoms with E-state index in [0.717, 1.165) is 5.92 Å². The molecule has 2 nitrogen and oxygen atoms in total. The average molecular weight is 226 g/mol. The molecule has 17 heavy (non-hydrogen) atoms. The van der Waals surface area contributed by atoms with Gasteiger partial charge in [0, 0.05) is 29.5 Å². The number of benzene rings is 1. The largest absolute Gasteiger partial charge is 0.382 e. The second kappa shape index (κ2) is 4.36. The molecule has 1 N–H and O–H groups in total. The van der Waals surface area contributed by atoms with Crippen LogP contribution in [0.3, 0.4) is 0 Å². The van der Waals surface area contributed by atoms with Crippen molar-refractivity contribution in [3.63, 3.8) is 0 Å². The number of nitrogens with zero attached hydrogens (tertiary/aromatic N) is 1. The zero-order valence-electron chi connectivity index (χ0n) is 10.2. The Morgan fingerprint density at radius 1 is 1.24 bits per heavy atom. The fourth-order valence-corrected chi connectivity index (χ4v) is 2.80. The first-order chi connectivity index (χ1) is 8.33. The fraction of sp³-hybridized carbons (Fsp3) is 0.400. The summed E-state index contributed by atoms with van der Waals surface area (Å²) in [5, 5.41) is 6.17. The molecule has 2 heteroatoms. The van der Waals surface area contributed by atoms with Crippen molar-refractivity contribution in [2.45, 2.75) is 32.2 Å². The molecule has 0 amide bonds. The minimum Gasteiger partial charge on any atom is -0.382 e. The van der Waals surface area contributed by atoms with Crippen LogP contribution in [0.15, 0.2) is 36.7 Å². The van der Waals surface area contributed by atoms with E-state index in [1.165, 1.54) is 35.7 Å². The van der Waals surface area contributed by atoms with Gasteiger partial charge in [-0.15, -0.1) is 0 Å². The Bertz CT molecular complexity index is 516. The zero-order chi connectivity index (χ0) is 11.7. The standard InChI is InChI=1S/C15H18N2/c1-11-5-6-13(9-11)17-15-4-2-3-12-7-8-16-10-14(12)15/h2-4,7-8,10-11,13,17H,5-6,9H2,1H3. The predicted octanol–water partition coefficient (Wildman–Crippen LogP) is 3.84.